The monoisotopic (exact) mass is 252 g/mol. The second kappa shape index (κ2) is 4.85. The molecule has 1 aromatic rings. The van der Waals surface area contributed by atoms with Crippen LogP contribution in [0, 0.1) is 5.21 Å². The lowest BCUT2D eigenvalue weighted by Gasteiger charge is -2.39. The van der Waals surface area contributed by atoms with Crippen LogP contribution in [0.3, 0.4) is 0 Å². The second-order valence-corrected chi connectivity index (χ2v) is 5.12. The number of fused-ring (bicyclic) bond motifs is 1. The smallest absolute Gasteiger partial charge is 0.159 e. The van der Waals surface area contributed by atoms with Gasteiger partial charge in [0.15, 0.2) is 12.4 Å². The summed E-state index contributed by atoms with van der Waals surface area (Å²) in [7, 11) is 0. The first-order valence-electron chi connectivity index (χ1n) is 6.21. The number of hydrogen-bond donors (Lipinski definition) is 2. The van der Waals surface area contributed by atoms with Crippen molar-refractivity contribution in [3.05, 3.63) is 29.5 Å². The largest absolute Gasteiger partial charge is 0.626 e. The van der Waals surface area contributed by atoms with Gasteiger partial charge in [-0.05, 0) is 19.9 Å². The number of β-amino-alcohol motifs (C(OH)–C–C–N with tert-alkyl or cyclic N) is 1. The highest BCUT2D eigenvalue weighted by atomic mass is 16.6. The molecule has 1 aliphatic rings. The number of aliphatic hydroxyl groups excluding tert-OH is 2. The Labute approximate surface area is 107 Å². The van der Waals surface area contributed by atoms with Gasteiger partial charge in [0, 0.05) is 12.6 Å². The summed E-state index contributed by atoms with van der Waals surface area (Å²) in [5, 5.41) is 31.8. The molecule has 0 amide bonds. The van der Waals surface area contributed by atoms with Crippen molar-refractivity contribution in [1.29, 1.82) is 0 Å². The van der Waals surface area contributed by atoms with Crippen LogP contribution >= 0.6 is 0 Å². The van der Waals surface area contributed by atoms with Crippen molar-refractivity contribution in [2.75, 3.05) is 24.7 Å². The highest BCUT2D eigenvalue weighted by Crippen LogP contribution is 2.40. The summed E-state index contributed by atoms with van der Waals surface area (Å²) in [5.41, 5.74) is 1.52. The van der Waals surface area contributed by atoms with Gasteiger partial charge in [0.1, 0.15) is 18.3 Å². The van der Waals surface area contributed by atoms with Gasteiger partial charge in [0.2, 0.25) is 0 Å². The highest BCUT2D eigenvalue weighted by molar-refractivity contribution is 5.74. The standard InChI is InChI=1S/C13H20N2O3/c1-10(16)7-14-9-15(18,8-11(2)17)13-6-4-3-5-12(13)14/h3-6,10-11,16-17H,7-9H2,1-2H3. The van der Waals surface area contributed by atoms with Crippen molar-refractivity contribution in [2.24, 2.45) is 0 Å². The van der Waals surface area contributed by atoms with Crippen LogP contribution in [-0.2, 0) is 0 Å². The van der Waals surface area contributed by atoms with Gasteiger partial charge in [-0.25, -0.2) is 0 Å². The van der Waals surface area contributed by atoms with Crippen molar-refractivity contribution in [3.8, 4) is 0 Å². The predicted octanol–water partition coefficient (Wildman–Crippen LogP) is 1.03. The molecule has 0 aromatic heterocycles. The average molecular weight is 252 g/mol. The van der Waals surface area contributed by atoms with E-state index in [1.54, 1.807) is 19.9 Å². The first-order chi connectivity index (χ1) is 8.42. The van der Waals surface area contributed by atoms with Crippen LogP contribution in [0.1, 0.15) is 13.8 Å². The van der Waals surface area contributed by atoms with Gasteiger partial charge in [-0.2, -0.15) is 0 Å². The fraction of sp³-hybridized carbons (Fsp3) is 0.538. The molecular weight excluding hydrogens is 232 g/mol. The van der Waals surface area contributed by atoms with E-state index in [0.717, 1.165) is 5.69 Å². The molecule has 0 saturated carbocycles. The molecule has 0 radical (unpaired) electrons. The summed E-state index contributed by atoms with van der Waals surface area (Å²) in [6, 6.07) is 7.40. The molecule has 100 valence electrons. The Morgan fingerprint density at radius 2 is 1.94 bits per heavy atom. The van der Waals surface area contributed by atoms with Crippen LogP contribution in [0.2, 0.25) is 0 Å². The van der Waals surface area contributed by atoms with E-state index in [2.05, 4.69) is 0 Å². The zero-order valence-corrected chi connectivity index (χ0v) is 10.8. The number of nitrogens with zero attached hydrogens (tertiary/aromatic N) is 2. The predicted molar refractivity (Wildman–Crippen MR) is 72.0 cm³/mol. The lowest BCUT2D eigenvalue weighted by Crippen LogP contribution is -2.50. The maximum Gasteiger partial charge on any atom is 0.159 e. The van der Waals surface area contributed by atoms with Gasteiger partial charge in [-0.15, -0.1) is 0 Å². The Kier molecular flexibility index (Phi) is 3.59. The Morgan fingerprint density at radius 3 is 2.56 bits per heavy atom. The average Bonchev–Trinajstić information content (AvgIpc) is 2.51. The molecule has 0 spiro atoms. The van der Waals surface area contributed by atoms with Gasteiger partial charge >= 0.3 is 0 Å². The fourth-order valence-corrected chi connectivity index (χ4v) is 2.56. The van der Waals surface area contributed by atoms with Crippen LogP contribution in [0.25, 0.3) is 0 Å². The Morgan fingerprint density at radius 1 is 1.28 bits per heavy atom. The molecule has 2 N–H and O–H groups in total. The molecule has 0 aliphatic carbocycles. The highest BCUT2D eigenvalue weighted by Gasteiger charge is 2.36. The molecule has 0 bridgehead atoms. The second-order valence-electron chi connectivity index (χ2n) is 5.12. The van der Waals surface area contributed by atoms with Crippen LogP contribution in [0.15, 0.2) is 24.3 Å². The van der Waals surface area contributed by atoms with Crippen molar-refractivity contribution in [1.82, 2.24) is 4.65 Å². The molecule has 1 aromatic carbocycles. The van der Waals surface area contributed by atoms with Gasteiger partial charge in [0.05, 0.1) is 6.10 Å². The number of benzene rings is 1. The number of hydroxylamine groups is 2. The summed E-state index contributed by atoms with van der Waals surface area (Å²) in [6.45, 7) is 4.13. The van der Waals surface area contributed by atoms with E-state index in [9.17, 15) is 15.4 Å². The van der Waals surface area contributed by atoms with Crippen LogP contribution < -0.4 is 9.55 Å². The van der Waals surface area contributed by atoms with E-state index in [1.807, 2.05) is 23.1 Å². The Bertz CT molecular complexity index is 422. The lowest BCUT2D eigenvalue weighted by molar-refractivity contribution is 0.153. The van der Waals surface area contributed by atoms with E-state index in [-0.39, 0.29) is 13.2 Å². The van der Waals surface area contributed by atoms with Crippen LogP contribution in [0.4, 0.5) is 11.4 Å². The SMILES string of the molecule is CC(O)CN1C[N+]([O-])(CC(C)O)c2ccccc21. The van der Waals surface area contributed by atoms with Crippen molar-refractivity contribution in [3.63, 3.8) is 0 Å². The molecule has 2 rings (SSSR count). The molecule has 1 aliphatic heterocycles. The van der Waals surface area contributed by atoms with Gasteiger partial charge < -0.3 is 25.0 Å². The molecular formula is C13H20N2O3. The third-order valence-electron chi connectivity index (χ3n) is 3.10. The summed E-state index contributed by atoms with van der Waals surface area (Å²) >= 11 is 0. The van der Waals surface area contributed by atoms with E-state index in [0.29, 0.717) is 12.2 Å². The third-order valence-corrected chi connectivity index (χ3v) is 3.10. The quantitative estimate of drug-likeness (QED) is 0.620. The van der Waals surface area contributed by atoms with E-state index < -0.39 is 16.9 Å². The molecule has 5 nitrogen and oxygen atoms in total. The molecule has 0 fully saturated rings. The zero-order valence-electron chi connectivity index (χ0n) is 10.8. The molecule has 3 atom stereocenters. The zero-order chi connectivity index (χ0) is 13.3. The first kappa shape index (κ1) is 13.3. The number of anilines is 1. The number of rotatable bonds is 4. The molecule has 5 heteroatoms. The number of hydrogen-bond acceptors (Lipinski definition) is 4. The molecule has 18 heavy (non-hydrogen) atoms. The summed E-state index contributed by atoms with van der Waals surface area (Å²) < 4.78 is -0.555. The van der Waals surface area contributed by atoms with Gasteiger partial charge in [0.25, 0.3) is 0 Å². The Hall–Kier alpha value is -1.14. The summed E-state index contributed by atoms with van der Waals surface area (Å²) in [5.74, 6) is 0. The minimum absolute atomic E-state index is 0.132. The number of aliphatic hydroxyl groups is 2. The Balaban J connectivity index is 2.32. The van der Waals surface area contributed by atoms with Crippen LogP contribution in [-0.4, -0.2) is 42.2 Å². The summed E-state index contributed by atoms with van der Waals surface area (Å²) in [4.78, 5) is 1.88. The maximum atomic E-state index is 12.8. The third kappa shape index (κ3) is 2.49. The van der Waals surface area contributed by atoms with Crippen molar-refractivity contribution >= 4 is 11.4 Å². The molecule has 0 saturated heterocycles. The minimum Gasteiger partial charge on any atom is -0.626 e. The summed E-state index contributed by atoms with van der Waals surface area (Å²) in [6.07, 6.45) is -1.14. The lowest BCUT2D eigenvalue weighted by atomic mass is 10.2. The minimum atomic E-state index is -0.651. The van der Waals surface area contributed by atoms with E-state index in [4.69, 9.17) is 0 Å². The number of para-hydroxylation sites is 2. The van der Waals surface area contributed by atoms with E-state index >= 15 is 0 Å². The molecule has 1 heterocycles. The molecule has 3 unspecified atom stereocenters. The maximum absolute atomic E-state index is 12.8. The van der Waals surface area contributed by atoms with Crippen LogP contribution in [0.5, 0.6) is 0 Å². The van der Waals surface area contributed by atoms with E-state index in [1.165, 1.54) is 0 Å². The first-order valence-corrected chi connectivity index (χ1v) is 6.21. The van der Waals surface area contributed by atoms with Gasteiger partial charge in [-0.1, -0.05) is 12.1 Å². The van der Waals surface area contributed by atoms with Gasteiger partial charge in [-0.3, -0.25) is 0 Å². The number of quaternary nitrogens is 1. The van der Waals surface area contributed by atoms with Crippen molar-refractivity contribution in [2.45, 2.75) is 26.1 Å². The van der Waals surface area contributed by atoms with Crippen molar-refractivity contribution < 1.29 is 10.2 Å². The normalized spacial score (nSPS) is 25.9. The topological polar surface area (TPSA) is 66.8 Å². The fourth-order valence-electron chi connectivity index (χ4n) is 2.56.